The second kappa shape index (κ2) is 6.65. The van der Waals surface area contributed by atoms with Gasteiger partial charge in [-0.3, -0.25) is 0 Å². The van der Waals surface area contributed by atoms with Crippen LogP contribution in [0.2, 0.25) is 0 Å². The van der Waals surface area contributed by atoms with Gasteiger partial charge < -0.3 is 0 Å². The molecule has 0 amide bonds. The topological polar surface area (TPSA) is 0 Å². The molecule has 0 fully saturated rings. The predicted octanol–water partition coefficient (Wildman–Crippen LogP) is 5.50. The second-order valence-corrected chi connectivity index (χ2v) is 4.72. The van der Waals surface area contributed by atoms with E-state index in [1.165, 1.54) is 17.7 Å². The average Bonchev–Trinajstić information content (AvgIpc) is 2.77. The molecule has 1 unspecified atom stereocenters. The molecule has 104 valence electrons. The third kappa shape index (κ3) is 4.62. The van der Waals surface area contributed by atoms with E-state index in [9.17, 15) is 8.78 Å². The first-order valence-corrected chi connectivity index (χ1v) is 6.79. The molecule has 0 radical (unpaired) electrons. The summed E-state index contributed by atoms with van der Waals surface area (Å²) in [6.45, 7) is 6.99. The third-order valence-corrected chi connectivity index (χ3v) is 3.02. The first-order valence-electron chi connectivity index (χ1n) is 6.79. The molecule has 1 aliphatic rings. The molecule has 0 spiro atoms. The average molecular weight is 264 g/mol. The zero-order valence-corrected chi connectivity index (χ0v) is 12.1. The third-order valence-electron chi connectivity index (χ3n) is 3.02. The minimum atomic E-state index is -2.75. The van der Waals surface area contributed by atoms with Gasteiger partial charge in [0.05, 0.1) is 0 Å². The molecule has 1 atom stereocenters. The Labute approximate surface area is 114 Å². The highest BCUT2D eigenvalue weighted by molar-refractivity contribution is 5.31. The molecule has 0 aromatic heterocycles. The van der Waals surface area contributed by atoms with Gasteiger partial charge in [0.25, 0.3) is 5.92 Å². The van der Waals surface area contributed by atoms with Crippen LogP contribution in [0.1, 0.15) is 38.8 Å². The van der Waals surface area contributed by atoms with Crippen LogP contribution < -0.4 is 0 Å². The van der Waals surface area contributed by atoms with Gasteiger partial charge in [-0.05, 0) is 24.8 Å². The fourth-order valence-electron chi connectivity index (χ4n) is 2.06. The monoisotopic (exact) mass is 264 g/mol. The highest BCUT2D eigenvalue weighted by Crippen LogP contribution is 2.27. The molecule has 1 aromatic rings. The molecule has 0 nitrogen and oxygen atoms in total. The van der Waals surface area contributed by atoms with E-state index in [0.717, 1.165) is 18.9 Å². The van der Waals surface area contributed by atoms with Gasteiger partial charge >= 0.3 is 0 Å². The van der Waals surface area contributed by atoms with E-state index < -0.39 is 5.92 Å². The number of halogens is 2. The molecular weight excluding hydrogens is 242 g/mol. The molecule has 2 heteroatoms. The number of hydrogen-bond donors (Lipinski definition) is 0. The van der Waals surface area contributed by atoms with Gasteiger partial charge in [-0.25, -0.2) is 8.78 Å². The van der Waals surface area contributed by atoms with Crippen molar-refractivity contribution in [2.75, 3.05) is 0 Å². The highest BCUT2D eigenvalue weighted by atomic mass is 19.3. The lowest BCUT2D eigenvalue weighted by molar-refractivity contribution is 0.0174. The molecule has 0 bridgehead atoms. The van der Waals surface area contributed by atoms with Gasteiger partial charge in [-0.2, -0.15) is 0 Å². The lowest BCUT2D eigenvalue weighted by atomic mass is 9.98. The summed E-state index contributed by atoms with van der Waals surface area (Å²) in [6.07, 6.45) is 7.32. The van der Waals surface area contributed by atoms with Crippen molar-refractivity contribution in [2.45, 2.75) is 40.0 Å². The Balaban J connectivity index is 0.000000861. The lowest BCUT2D eigenvalue weighted by Gasteiger charge is -2.11. The van der Waals surface area contributed by atoms with Gasteiger partial charge in [0, 0.05) is 12.5 Å². The summed E-state index contributed by atoms with van der Waals surface area (Å²) in [7, 11) is 0. The van der Waals surface area contributed by atoms with E-state index in [2.05, 4.69) is 25.2 Å². The molecule has 0 heterocycles. The summed E-state index contributed by atoms with van der Waals surface area (Å²) in [5.74, 6) is -2.34. The number of hydrogen-bond acceptors (Lipinski definition) is 0. The Morgan fingerprint density at radius 2 is 1.68 bits per heavy atom. The Morgan fingerprint density at radius 3 is 2.11 bits per heavy atom. The first kappa shape index (κ1) is 15.6. The van der Waals surface area contributed by atoms with Crippen molar-refractivity contribution >= 4 is 0 Å². The van der Waals surface area contributed by atoms with E-state index in [4.69, 9.17) is 0 Å². The van der Waals surface area contributed by atoms with E-state index >= 15 is 0 Å². The van der Waals surface area contributed by atoms with Crippen LogP contribution in [0.25, 0.3) is 0 Å². The van der Waals surface area contributed by atoms with Crippen molar-refractivity contribution in [3.05, 3.63) is 59.2 Å². The number of allylic oxidation sites excluding steroid dienone is 4. The van der Waals surface area contributed by atoms with E-state index in [1.54, 1.807) is 12.1 Å². The van der Waals surface area contributed by atoms with Gasteiger partial charge in [0.1, 0.15) is 0 Å². The van der Waals surface area contributed by atoms with Gasteiger partial charge in [-0.1, -0.05) is 61.9 Å². The summed E-state index contributed by atoms with van der Waals surface area (Å²) in [5, 5.41) is 0. The van der Waals surface area contributed by atoms with Crippen LogP contribution in [0, 0.1) is 5.92 Å². The first-order chi connectivity index (χ1) is 8.95. The minimum Gasteiger partial charge on any atom is -0.202 e. The summed E-state index contributed by atoms with van der Waals surface area (Å²) >= 11 is 0. The number of rotatable bonds is 3. The molecule has 2 rings (SSSR count). The van der Waals surface area contributed by atoms with Crippen LogP contribution >= 0.6 is 0 Å². The Morgan fingerprint density at radius 1 is 1.11 bits per heavy atom. The van der Waals surface area contributed by atoms with Crippen molar-refractivity contribution in [3.8, 4) is 0 Å². The summed E-state index contributed by atoms with van der Waals surface area (Å²) in [4.78, 5) is 0. The fourth-order valence-corrected chi connectivity index (χ4v) is 2.06. The minimum absolute atomic E-state index is 0.0786. The summed E-state index contributed by atoms with van der Waals surface area (Å²) in [6, 6.07) is 6.62. The summed E-state index contributed by atoms with van der Waals surface area (Å²) < 4.78 is 26.0. The maximum Gasteiger partial charge on any atom is 0.270 e. The Bertz CT molecular complexity index is 447. The molecule has 0 saturated heterocycles. The maximum absolute atomic E-state index is 13.0. The number of benzene rings is 1. The quantitative estimate of drug-likeness (QED) is 0.676. The van der Waals surface area contributed by atoms with Crippen molar-refractivity contribution in [2.24, 2.45) is 5.92 Å². The van der Waals surface area contributed by atoms with Crippen LogP contribution in [0.5, 0.6) is 0 Å². The van der Waals surface area contributed by atoms with Crippen molar-refractivity contribution in [3.63, 3.8) is 0 Å². The SMILES string of the molecule is CC.CC1=CC(Cc2ccc(C(C)(F)F)cc2)C=C1. The van der Waals surface area contributed by atoms with Crippen LogP contribution in [0.3, 0.4) is 0 Å². The molecular formula is C17H22F2. The van der Waals surface area contributed by atoms with E-state index in [-0.39, 0.29) is 5.56 Å². The maximum atomic E-state index is 13.0. The highest BCUT2D eigenvalue weighted by Gasteiger charge is 2.23. The Kier molecular flexibility index (Phi) is 5.46. The van der Waals surface area contributed by atoms with Gasteiger partial charge in [0.15, 0.2) is 0 Å². The zero-order chi connectivity index (χ0) is 14.5. The molecule has 0 aliphatic heterocycles. The fraction of sp³-hybridized carbons (Fsp3) is 0.412. The van der Waals surface area contributed by atoms with Crippen LogP contribution in [0.4, 0.5) is 8.78 Å². The van der Waals surface area contributed by atoms with Crippen molar-refractivity contribution in [1.82, 2.24) is 0 Å². The lowest BCUT2D eigenvalue weighted by Crippen LogP contribution is -2.07. The standard InChI is InChI=1S/C15H16F2.C2H6/c1-11-3-4-13(9-11)10-12-5-7-14(8-6-12)15(2,16)17;1-2/h3-9,13H,10H2,1-2H3;1-2H3. The van der Waals surface area contributed by atoms with Gasteiger partial charge in [-0.15, -0.1) is 0 Å². The second-order valence-electron chi connectivity index (χ2n) is 4.72. The van der Waals surface area contributed by atoms with Crippen LogP contribution in [-0.4, -0.2) is 0 Å². The normalized spacial score (nSPS) is 17.8. The zero-order valence-electron chi connectivity index (χ0n) is 12.1. The van der Waals surface area contributed by atoms with Crippen molar-refractivity contribution in [1.29, 1.82) is 0 Å². The van der Waals surface area contributed by atoms with E-state index in [0.29, 0.717) is 5.92 Å². The molecule has 19 heavy (non-hydrogen) atoms. The molecule has 1 aliphatic carbocycles. The summed E-state index contributed by atoms with van der Waals surface area (Å²) in [5.41, 5.74) is 2.44. The largest absolute Gasteiger partial charge is 0.270 e. The Hall–Kier alpha value is -1.44. The number of alkyl halides is 2. The van der Waals surface area contributed by atoms with Crippen molar-refractivity contribution < 1.29 is 8.78 Å². The van der Waals surface area contributed by atoms with Crippen LogP contribution in [-0.2, 0) is 12.3 Å². The molecule has 1 aromatic carbocycles. The smallest absolute Gasteiger partial charge is 0.202 e. The van der Waals surface area contributed by atoms with E-state index in [1.807, 2.05) is 13.8 Å². The van der Waals surface area contributed by atoms with Gasteiger partial charge in [0.2, 0.25) is 0 Å². The molecule has 0 N–H and O–H groups in total. The molecule has 0 saturated carbocycles. The van der Waals surface area contributed by atoms with Crippen LogP contribution in [0.15, 0.2) is 48.1 Å². The predicted molar refractivity (Wildman–Crippen MR) is 77.4 cm³/mol.